The van der Waals surface area contributed by atoms with Gasteiger partial charge in [0.05, 0.1) is 16.7 Å². The predicted molar refractivity (Wildman–Crippen MR) is 121 cm³/mol. The van der Waals surface area contributed by atoms with Crippen LogP contribution in [-0.2, 0) is 0 Å². The highest BCUT2D eigenvalue weighted by molar-refractivity contribution is 6.09. The van der Waals surface area contributed by atoms with E-state index < -0.39 is 0 Å². The van der Waals surface area contributed by atoms with Crippen LogP contribution >= 0.6 is 0 Å². The Hall–Kier alpha value is -4.18. The number of hydrogen-bond donors (Lipinski definition) is 0. The lowest BCUT2D eigenvalue weighted by atomic mass is 10.2. The van der Waals surface area contributed by atoms with Crippen LogP contribution in [0.2, 0.25) is 0 Å². The van der Waals surface area contributed by atoms with Gasteiger partial charge in [0.1, 0.15) is 0 Å². The minimum atomic E-state index is 0.775. The fourth-order valence-electron chi connectivity index (χ4n) is 4.15. The Balaban J connectivity index is 1.74. The maximum atomic E-state index is 4.69. The van der Waals surface area contributed by atoms with Crippen LogP contribution in [0.3, 0.4) is 0 Å². The van der Waals surface area contributed by atoms with E-state index in [9.17, 15) is 0 Å². The molecule has 2 heterocycles. The average Bonchev–Trinajstić information content (AvgIpc) is 3.39. The molecule has 0 unspecified atom stereocenters. The molecule has 0 bridgehead atoms. The molecule has 0 N–H and O–H groups in total. The van der Waals surface area contributed by atoms with E-state index in [-0.39, 0.29) is 0 Å². The van der Waals surface area contributed by atoms with Crippen LogP contribution in [-0.4, -0.2) is 19.3 Å². The predicted octanol–water partition coefficient (Wildman–Crippen LogP) is 6.03. The van der Waals surface area contributed by atoms with Crippen molar-refractivity contribution in [3.63, 3.8) is 0 Å². The Morgan fingerprint density at radius 1 is 0.467 bits per heavy atom. The van der Waals surface area contributed by atoms with Crippen molar-refractivity contribution in [2.24, 2.45) is 0 Å². The van der Waals surface area contributed by atoms with E-state index in [0.29, 0.717) is 0 Å². The Kier molecular flexibility index (Phi) is 3.74. The van der Waals surface area contributed by atoms with Crippen molar-refractivity contribution in [1.82, 2.24) is 19.3 Å². The summed E-state index contributed by atoms with van der Waals surface area (Å²) >= 11 is 0. The van der Waals surface area contributed by atoms with E-state index in [2.05, 4.69) is 92.1 Å². The molecule has 0 fully saturated rings. The third-order valence-corrected chi connectivity index (χ3v) is 5.47. The number of hydrogen-bond acceptors (Lipinski definition) is 2. The van der Waals surface area contributed by atoms with Crippen molar-refractivity contribution in [2.75, 3.05) is 0 Å². The van der Waals surface area contributed by atoms with Gasteiger partial charge in [-0.25, -0.2) is 0 Å². The molecule has 0 amide bonds. The molecule has 0 saturated carbocycles. The number of fused-ring (bicyclic) bond motifs is 3. The third kappa shape index (κ3) is 2.47. The zero-order chi connectivity index (χ0) is 19.9. The molecule has 0 atom stereocenters. The van der Waals surface area contributed by atoms with Gasteiger partial charge in [0, 0.05) is 16.3 Å². The third-order valence-electron chi connectivity index (χ3n) is 5.47. The summed E-state index contributed by atoms with van der Waals surface area (Å²) in [4.78, 5) is 0. The zero-order valence-corrected chi connectivity index (χ0v) is 16.2. The van der Waals surface area contributed by atoms with E-state index in [4.69, 9.17) is 0 Å². The van der Waals surface area contributed by atoms with Gasteiger partial charge in [-0.1, -0.05) is 84.9 Å². The maximum Gasteiger partial charge on any atom is 0.241 e. The van der Waals surface area contributed by atoms with Crippen LogP contribution < -0.4 is 0 Å². The zero-order valence-electron chi connectivity index (χ0n) is 16.2. The van der Waals surface area contributed by atoms with E-state index >= 15 is 0 Å². The lowest BCUT2D eigenvalue weighted by Gasteiger charge is -2.12. The van der Waals surface area contributed by atoms with Crippen LogP contribution in [0.4, 0.5) is 0 Å². The first kappa shape index (κ1) is 16.7. The highest BCUT2D eigenvalue weighted by Crippen LogP contribution is 2.33. The van der Waals surface area contributed by atoms with E-state index in [1.165, 1.54) is 10.8 Å². The number of benzene rings is 4. The average molecular weight is 386 g/mol. The Morgan fingerprint density at radius 2 is 1.00 bits per heavy atom. The van der Waals surface area contributed by atoms with Gasteiger partial charge in [-0.3, -0.25) is 9.13 Å². The number of aromatic nitrogens is 4. The summed E-state index contributed by atoms with van der Waals surface area (Å²) in [5.74, 6) is 1.59. The summed E-state index contributed by atoms with van der Waals surface area (Å²) in [6.45, 7) is 0. The molecule has 6 aromatic rings. The van der Waals surface area contributed by atoms with Gasteiger partial charge in [-0.05, 0) is 24.3 Å². The first-order valence-corrected chi connectivity index (χ1v) is 9.96. The first-order valence-electron chi connectivity index (χ1n) is 9.96. The molecule has 4 aromatic carbocycles. The topological polar surface area (TPSA) is 35.6 Å². The molecule has 0 aliphatic rings. The van der Waals surface area contributed by atoms with Crippen LogP contribution in [0.1, 0.15) is 0 Å². The van der Waals surface area contributed by atoms with Gasteiger partial charge in [0.15, 0.2) is 5.82 Å². The van der Waals surface area contributed by atoms with Crippen molar-refractivity contribution in [3.8, 4) is 23.0 Å². The van der Waals surface area contributed by atoms with E-state index in [1.807, 2.05) is 36.4 Å². The lowest BCUT2D eigenvalue weighted by molar-refractivity contribution is 0.933. The smallest absolute Gasteiger partial charge is 0.241 e. The van der Waals surface area contributed by atoms with E-state index in [0.717, 1.165) is 34.1 Å². The SMILES string of the molecule is c1ccc(-c2nnc(-n3c4ccccc4c4ccccc43)n2-c2ccccc2)cc1. The lowest BCUT2D eigenvalue weighted by Crippen LogP contribution is -2.06. The number of para-hydroxylation sites is 3. The van der Waals surface area contributed by atoms with Crippen molar-refractivity contribution in [3.05, 3.63) is 109 Å². The van der Waals surface area contributed by atoms with Gasteiger partial charge >= 0.3 is 0 Å². The minimum absolute atomic E-state index is 0.775. The van der Waals surface area contributed by atoms with Gasteiger partial charge < -0.3 is 0 Å². The second kappa shape index (κ2) is 6.71. The minimum Gasteiger partial charge on any atom is -0.278 e. The Morgan fingerprint density at radius 3 is 1.63 bits per heavy atom. The van der Waals surface area contributed by atoms with Crippen LogP contribution in [0, 0.1) is 0 Å². The second-order valence-corrected chi connectivity index (χ2v) is 7.23. The summed E-state index contributed by atoms with van der Waals surface area (Å²) in [5.41, 5.74) is 4.28. The molecule has 0 spiro atoms. The molecular weight excluding hydrogens is 368 g/mol. The highest BCUT2D eigenvalue weighted by atomic mass is 15.4. The van der Waals surface area contributed by atoms with Crippen molar-refractivity contribution in [2.45, 2.75) is 0 Å². The van der Waals surface area contributed by atoms with Gasteiger partial charge in [-0.15, -0.1) is 10.2 Å². The summed E-state index contributed by atoms with van der Waals surface area (Å²) < 4.78 is 4.34. The number of nitrogens with zero attached hydrogens (tertiary/aromatic N) is 4. The second-order valence-electron chi connectivity index (χ2n) is 7.23. The first-order chi connectivity index (χ1) is 14.9. The normalized spacial score (nSPS) is 11.3. The molecule has 4 heteroatoms. The number of rotatable bonds is 3. The molecule has 0 aliphatic heterocycles. The molecule has 6 rings (SSSR count). The highest BCUT2D eigenvalue weighted by Gasteiger charge is 2.20. The van der Waals surface area contributed by atoms with Crippen molar-refractivity contribution in [1.29, 1.82) is 0 Å². The summed E-state index contributed by atoms with van der Waals surface area (Å²) in [5, 5.41) is 11.7. The molecule has 4 nitrogen and oxygen atoms in total. The van der Waals surface area contributed by atoms with E-state index in [1.54, 1.807) is 0 Å². The molecule has 142 valence electrons. The summed E-state index contributed by atoms with van der Waals surface area (Å²) in [7, 11) is 0. The largest absolute Gasteiger partial charge is 0.278 e. The van der Waals surface area contributed by atoms with Gasteiger partial charge in [0.2, 0.25) is 5.95 Å². The fraction of sp³-hybridized carbons (Fsp3) is 0. The summed E-state index contributed by atoms with van der Waals surface area (Å²) in [6, 6.07) is 37.4. The Bertz CT molecular complexity index is 1420. The molecular formula is C26H18N4. The van der Waals surface area contributed by atoms with Crippen LogP contribution in [0.25, 0.3) is 44.8 Å². The quantitative estimate of drug-likeness (QED) is 0.372. The molecule has 0 aliphatic carbocycles. The van der Waals surface area contributed by atoms with Crippen LogP contribution in [0.15, 0.2) is 109 Å². The summed E-state index contributed by atoms with van der Waals surface area (Å²) in [6.07, 6.45) is 0. The fourth-order valence-corrected chi connectivity index (χ4v) is 4.15. The molecule has 0 saturated heterocycles. The maximum absolute atomic E-state index is 4.69. The van der Waals surface area contributed by atoms with Gasteiger partial charge in [-0.2, -0.15) is 0 Å². The molecule has 0 radical (unpaired) electrons. The molecule has 2 aromatic heterocycles. The van der Waals surface area contributed by atoms with Crippen molar-refractivity contribution >= 4 is 21.8 Å². The standard InChI is InChI=1S/C26H18N4/c1-3-11-19(12-4-1)25-27-28-26(29(25)20-13-5-2-6-14-20)30-23-17-9-7-15-21(23)22-16-8-10-18-24(22)30/h1-18H. The Labute approximate surface area is 173 Å². The van der Waals surface area contributed by atoms with Gasteiger partial charge in [0.25, 0.3) is 0 Å². The monoisotopic (exact) mass is 386 g/mol. The molecule has 30 heavy (non-hydrogen) atoms. The van der Waals surface area contributed by atoms with Crippen LogP contribution in [0.5, 0.6) is 0 Å². The van der Waals surface area contributed by atoms with Crippen molar-refractivity contribution < 1.29 is 0 Å².